The number of nitriles is 1. The lowest BCUT2D eigenvalue weighted by atomic mass is 9.88. The Morgan fingerprint density at radius 3 is 2.57 bits per heavy atom. The molecule has 1 aliphatic rings. The van der Waals surface area contributed by atoms with Gasteiger partial charge in [-0.3, -0.25) is 4.90 Å². The molecule has 0 spiro atoms. The van der Waals surface area contributed by atoms with Crippen LogP contribution in [0, 0.1) is 16.7 Å². The molecule has 0 aromatic heterocycles. The number of aromatic hydroxyl groups is 1. The Morgan fingerprint density at radius 2 is 1.96 bits per heavy atom. The van der Waals surface area contributed by atoms with Crippen molar-refractivity contribution in [2.75, 3.05) is 6.54 Å². The molecule has 0 aliphatic heterocycles. The maximum absolute atomic E-state index is 9.74. The fourth-order valence-electron chi connectivity index (χ4n) is 3.18. The molecule has 2 rings (SSSR count). The Labute approximate surface area is 139 Å². The van der Waals surface area contributed by atoms with Crippen LogP contribution in [-0.4, -0.2) is 33.8 Å². The topological polar surface area (TPSA) is 67.5 Å². The van der Waals surface area contributed by atoms with Crippen LogP contribution < -0.4 is 0 Å². The minimum atomic E-state index is -0.328. The second-order valence-corrected chi connectivity index (χ2v) is 7.35. The third kappa shape index (κ3) is 5.53. The Kier molecular flexibility index (Phi) is 6.04. The van der Waals surface area contributed by atoms with E-state index in [0.29, 0.717) is 11.8 Å². The predicted molar refractivity (Wildman–Crippen MR) is 90.8 cm³/mol. The van der Waals surface area contributed by atoms with Gasteiger partial charge in [-0.15, -0.1) is 0 Å². The van der Waals surface area contributed by atoms with Crippen molar-refractivity contribution >= 4 is 0 Å². The molecule has 0 heterocycles. The van der Waals surface area contributed by atoms with E-state index in [1.54, 1.807) is 12.1 Å². The maximum atomic E-state index is 9.74. The molecule has 0 atom stereocenters. The highest BCUT2D eigenvalue weighted by atomic mass is 16.3. The summed E-state index contributed by atoms with van der Waals surface area (Å²) in [5, 5.41) is 28.7. The molecule has 2 N–H and O–H groups in total. The highest BCUT2D eigenvalue weighted by Crippen LogP contribution is 2.27. The first-order valence-electron chi connectivity index (χ1n) is 8.51. The molecule has 4 heteroatoms. The molecule has 1 aliphatic carbocycles. The van der Waals surface area contributed by atoms with Gasteiger partial charge in [-0.05, 0) is 63.6 Å². The van der Waals surface area contributed by atoms with Crippen molar-refractivity contribution in [3.63, 3.8) is 0 Å². The van der Waals surface area contributed by atoms with Crippen molar-refractivity contribution in [1.82, 2.24) is 4.90 Å². The van der Waals surface area contributed by atoms with Crippen molar-refractivity contribution in [2.24, 2.45) is 5.41 Å². The molecule has 0 amide bonds. The molecule has 4 nitrogen and oxygen atoms in total. The summed E-state index contributed by atoms with van der Waals surface area (Å²) in [6, 6.07) is 10.2. The van der Waals surface area contributed by atoms with Gasteiger partial charge < -0.3 is 10.2 Å². The van der Waals surface area contributed by atoms with Crippen LogP contribution in [0.5, 0.6) is 5.75 Å². The average Bonchev–Trinajstić information content (AvgIpc) is 2.52. The second kappa shape index (κ2) is 7.81. The molecule has 126 valence electrons. The molecule has 23 heavy (non-hydrogen) atoms. The van der Waals surface area contributed by atoms with Gasteiger partial charge in [0.05, 0.1) is 17.6 Å². The van der Waals surface area contributed by atoms with Gasteiger partial charge in [-0.1, -0.05) is 12.1 Å². The molecule has 0 radical (unpaired) electrons. The van der Waals surface area contributed by atoms with Crippen molar-refractivity contribution in [2.45, 2.75) is 64.6 Å². The van der Waals surface area contributed by atoms with Crippen LogP contribution in [0.2, 0.25) is 0 Å². The molecule has 1 fully saturated rings. The zero-order chi connectivity index (χ0) is 16.9. The van der Waals surface area contributed by atoms with Gasteiger partial charge in [-0.25, -0.2) is 0 Å². The van der Waals surface area contributed by atoms with E-state index in [4.69, 9.17) is 0 Å². The molecule has 0 bridgehead atoms. The zero-order valence-electron chi connectivity index (χ0n) is 14.2. The van der Waals surface area contributed by atoms with Gasteiger partial charge in [0.25, 0.3) is 0 Å². The number of aliphatic hydroxyl groups is 1. The van der Waals surface area contributed by atoms with Crippen LogP contribution in [0.1, 0.15) is 51.5 Å². The SMILES string of the molecule is CC(C)(C#N)CCN(Cc1cccc(O)c1)C1CCC(O)CC1. The summed E-state index contributed by atoms with van der Waals surface area (Å²) >= 11 is 0. The van der Waals surface area contributed by atoms with Crippen LogP contribution in [0.15, 0.2) is 24.3 Å². The van der Waals surface area contributed by atoms with Crippen molar-refractivity contribution in [1.29, 1.82) is 5.26 Å². The zero-order valence-corrected chi connectivity index (χ0v) is 14.2. The Balaban J connectivity index is 2.06. The summed E-state index contributed by atoms with van der Waals surface area (Å²) < 4.78 is 0. The van der Waals surface area contributed by atoms with Crippen LogP contribution in [0.25, 0.3) is 0 Å². The van der Waals surface area contributed by atoms with E-state index >= 15 is 0 Å². The Hall–Kier alpha value is -1.57. The van der Waals surface area contributed by atoms with Gasteiger partial charge in [0.1, 0.15) is 5.75 Å². The number of phenolic OH excluding ortho intramolecular Hbond substituents is 1. The van der Waals surface area contributed by atoms with Crippen LogP contribution in [0.3, 0.4) is 0 Å². The highest BCUT2D eigenvalue weighted by molar-refractivity contribution is 5.27. The third-order valence-corrected chi connectivity index (χ3v) is 4.81. The second-order valence-electron chi connectivity index (χ2n) is 7.35. The fraction of sp³-hybridized carbons (Fsp3) is 0.632. The number of phenols is 1. The molecule has 1 saturated carbocycles. The minimum absolute atomic E-state index is 0.163. The van der Waals surface area contributed by atoms with Crippen molar-refractivity contribution < 1.29 is 10.2 Å². The molecular weight excluding hydrogens is 288 g/mol. The first kappa shape index (κ1) is 17.8. The average molecular weight is 316 g/mol. The molecule has 0 saturated heterocycles. The Bertz CT molecular complexity index is 543. The number of aliphatic hydroxyl groups excluding tert-OH is 1. The van der Waals surface area contributed by atoms with Gasteiger partial charge >= 0.3 is 0 Å². The van der Waals surface area contributed by atoms with E-state index < -0.39 is 0 Å². The smallest absolute Gasteiger partial charge is 0.115 e. The molecule has 1 aromatic carbocycles. The van der Waals surface area contributed by atoms with Gasteiger partial charge in [0.2, 0.25) is 0 Å². The van der Waals surface area contributed by atoms with E-state index in [-0.39, 0.29) is 11.5 Å². The van der Waals surface area contributed by atoms with Crippen LogP contribution in [-0.2, 0) is 6.54 Å². The maximum Gasteiger partial charge on any atom is 0.115 e. The summed E-state index contributed by atoms with van der Waals surface area (Å²) in [5.74, 6) is 0.291. The monoisotopic (exact) mass is 316 g/mol. The predicted octanol–water partition coefficient (Wildman–Crippen LogP) is 3.44. The Morgan fingerprint density at radius 1 is 1.26 bits per heavy atom. The summed E-state index contributed by atoms with van der Waals surface area (Å²) in [6.07, 6.45) is 4.34. The summed E-state index contributed by atoms with van der Waals surface area (Å²) in [4.78, 5) is 2.42. The standard InChI is InChI=1S/C19H28N2O2/c1-19(2,14-20)10-11-21(16-6-8-17(22)9-7-16)13-15-4-3-5-18(23)12-15/h3-5,12,16-17,22-23H,6-11,13H2,1-2H3. The number of hydrogen-bond donors (Lipinski definition) is 2. The van der Waals surface area contributed by atoms with E-state index in [9.17, 15) is 15.5 Å². The van der Waals surface area contributed by atoms with Gasteiger partial charge in [0.15, 0.2) is 0 Å². The van der Waals surface area contributed by atoms with Crippen LogP contribution >= 0.6 is 0 Å². The van der Waals surface area contributed by atoms with Gasteiger partial charge in [0, 0.05) is 19.1 Å². The fourth-order valence-corrected chi connectivity index (χ4v) is 3.18. The largest absolute Gasteiger partial charge is 0.508 e. The number of hydrogen-bond acceptors (Lipinski definition) is 4. The lowest BCUT2D eigenvalue weighted by molar-refractivity contribution is 0.0662. The molecule has 1 aromatic rings. The minimum Gasteiger partial charge on any atom is -0.508 e. The van der Waals surface area contributed by atoms with E-state index in [2.05, 4.69) is 11.0 Å². The summed E-state index contributed by atoms with van der Waals surface area (Å²) in [5.41, 5.74) is 0.761. The molecule has 0 unspecified atom stereocenters. The lowest BCUT2D eigenvalue weighted by Gasteiger charge is -2.37. The van der Waals surface area contributed by atoms with E-state index in [1.807, 2.05) is 26.0 Å². The number of benzene rings is 1. The first-order chi connectivity index (χ1) is 10.9. The van der Waals surface area contributed by atoms with Crippen molar-refractivity contribution in [3.8, 4) is 11.8 Å². The van der Waals surface area contributed by atoms with Crippen molar-refractivity contribution in [3.05, 3.63) is 29.8 Å². The quantitative estimate of drug-likeness (QED) is 0.843. The summed E-state index contributed by atoms with van der Waals surface area (Å²) in [6.45, 7) is 5.59. The summed E-state index contributed by atoms with van der Waals surface area (Å²) in [7, 11) is 0. The third-order valence-electron chi connectivity index (χ3n) is 4.81. The van der Waals surface area contributed by atoms with Gasteiger partial charge in [-0.2, -0.15) is 5.26 Å². The first-order valence-corrected chi connectivity index (χ1v) is 8.51. The van der Waals surface area contributed by atoms with E-state index in [1.165, 1.54) is 0 Å². The number of nitrogens with zero attached hydrogens (tertiary/aromatic N) is 2. The van der Waals surface area contributed by atoms with E-state index in [0.717, 1.165) is 50.8 Å². The molecular formula is C19H28N2O2. The normalized spacial score (nSPS) is 22.0. The number of rotatable bonds is 6. The van der Waals surface area contributed by atoms with Crippen LogP contribution in [0.4, 0.5) is 0 Å². The highest BCUT2D eigenvalue weighted by Gasteiger charge is 2.27. The lowest BCUT2D eigenvalue weighted by Crippen LogP contribution is -2.40.